The van der Waals surface area contributed by atoms with Gasteiger partial charge in [-0.3, -0.25) is 15.0 Å². The lowest BCUT2D eigenvalue weighted by Gasteiger charge is -2.30. The topological polar surface area (TPSA) is 76.2 Å². The Morgan fingerprint density at radius 3 is 2.44 bits per heavy atom. The van der Waals surface area contributed by atoms with Gasteiger partial charge >= 0.3 is 5.69 Å². The minimum Gasteiger partial charge on any atom is -0.360 e. The monoisotopic (exact) mass is 371 g/mol. The SMILES string of the molecule is CCc1nn(C)c(NCc2ccc(CN3CCC(C)CC3)cc2)c1[N+](=O)[O-]. The number of anilines is 1. The number of hydrogen-bond donors (Lipinski definition) is 1. The molecular weight excluding hydrogens is 342 g/mol. The third-order valence-electron chi connectivity index (χ3n) is 5.37. The van der Waals surface area contributed by atoms with Gasteiger partial charge in [0.25, 0.3) is 0 Å². The fraction of sp³-hybridized carbons (Fsp3) is 0.550. The molecule has 0 spiro atoms. The Balaban J connectivity index is 1.61. The highest BCUT2D eigenvalue weighted by Crippen LogP contribution is 2.28. The molecule has 2 aromatic rings. The standard InChI is InChI=1S/C20H29N5O2/c1-4-18-19(25(26)27)20(23(3)22-18)21-13-16-5-7-17(8-6-16)14-24-11-9-15(2)10-12-24/h5-8,15,21H,4,9-14H2,1-3H3. The first-order valence-electron chi connectivity index (χ1n) is 9.72. The Morgan fingerprint density at radius 1 is 1.22 bits per heavy atom. The highest BCUT2D eigenvalue weighted by Gasteiger charge is 2.25. The molecule has 1 aliphatic rings. The minimum atomic E-state index is -0.350. The first kappa shape index (κ1) is 19.4. The highest BCUT2D eigenvalue weighted by molar-refractivity contribution is 5.60. The molecule has 1 aromatic carbocycles. The van der Waals surface area contributed by atoms with E-state index in [2.05, 4.69) is 46.5 Å². The van der Waals surface area contributed by atoms with E-state index in [0.717, 1.165) is 18.0 Å². The van der Waals surface area contributed by atoms with Crippen LogP contribution in [-0.4, -0.2) is 32.7 Å². The summed E-state index contributed by atoms with van der Waals surface area (Å²) in [7, 11) is 1.73. The molecule has 1 fully saturated rings. The van der Waals surface area contributed by atoms with Gasteiger partial charge in [-0.15, -0.1) is 0 Å². The van der Waals surface area contributed by atoms with Crippen molar-refractivity contribution >= 4 is 11.5 Å². The lowest BCUT2D eigenvalue weighted by atomic mass is 9.99. The van der Waals surface area contributed by atoms with Crippen molar-refractivity contribution in [3.63, 3.8) is 0 Å². The van der Waals surface area contributed by atoms with Gasteiger partial charge in [-0.2, -0.15) is 5.10 Å². The van der Waals surface area contributed by atoms with Crippen molar-refractivity contribution in [1.82, 2.24) is 14.7 Å². The maximum absolute atomic E-state index is 11.4. The third kappa shape index (κ3) is 4.66. The Bertz CT molecular complexity index is 776. The zero-order chi connectivity index (χ0) is 19.4. The molecule has 1 N–H and O–H groups in total. The van der Waals surface area contributed by atoms with Crippen LogP contribution in [0.2, 0.25) is 0 Å². The average Bonchev–Trinajstić information content (AvgIpc) is 2.99. The van der Waals surface area contributed by atoms with Crippen molar-refractivity contribution in [3.05, 3.63) is 51.2 Å². The maximum atomic E-state index is 11.4. The molecule has 0 radical (unpaired) electrons. The largest absolute Gasteiger partial charge is 0.360 e. The summed E-state index contributed by atoms with van der Waals surface area (Å²) < 4.78 is 1.56. The molecule has 0 atom stereocenters. The van der Waals surface area contributed by atoms with Crippen molar-refractivity contribution in [3.8, 4) is 0 Å². The number of aryl methyl sites for hydroxylation is 2. The number of nitrogens with zero attached hydrogens (tertiary/aromatic N) is 4. The van der Waals surface area contributed by atoms with Crippen molar-refractivity contribution < 1.29 is 4.92 Å². The molecule has 0 bridgehead atoms. The molecular formula is C20H29N5O2. The van der Waals surface area contributed by atoms with E-state index >= 15 is 0 Å². The summed E-state index contributed by atoms with van der Waals surface area (Å²) >= 11 is 0. The summed E-state index contributed by atoms with van der Waals surface area (Å²) in [5, 5.41) is 18.8. The number of aromatic nitrogens is 2. The number of nitro groups is 1. The lowest BCUT2D eigenvalue weighted by molar-refractivity contribution is -0.384. The van der Waals surface area contributed by atoms with Gasteiger partial charge in [-0.1, -0.05) is 38.1 Å². The van der Waals surface area contributed by atoms with Crippen molar-refractivity contribution in [2.24, 2.45) is 13.0 Å². The predicted octanol–water partition coefficient (Wildman–Crippen LogP) is 3.73. The van der Waals surface area contributed by atoms with E-state index in [-0.39, 0.29) is 10.6 Å². The molecule has 146 valence electrons. The molecule has 27 heavy (non-hydrogen) atoms. The summed E-state index contributed by atoms with van der Waals surface area (Å²) in [6.45, 7) is 8.08. The van der Waals surface area contributed by atoms with Gasteiger partial charge in [0, 0.05) is 20.1 Å². The molecule has 0 aliphatic carbocycles. The molecule has 1 aromatic heterocycles. The first-order valence-corrected chi connectivity index (χ1v) is 9.72. The second kappa shape index (κ2) is 8.52. The van der Waals surface area contributed by atoms with Crippen LogP contribution in [0.5, 0.6) is 0 Å². The molecule has 3 rings (SSSR count). The van der Waals surface area contributed by atoms with Gasteiger partial charge in [-0.05, 0) is 49.4 Å². The molecule has 0 amide bonds. The van der Waals surface area contributed by atoms with Gasteiger partial charge in [0.1, 0.15) is 5.69 Å². The molecule has 0 unspecified atom stereocenters. The van der Waals surface area contributed by atoms with E-state index in [4.69, 9.17) is 0 Å². The fourth-order valence-electron chi connectivity index (χ4n) is 3.62. The normalized spacial score (nSPS) is 15.8. The zero-order valence-electron chi connectivity index (χ0n) is 16.4. The van der Waals surface area contributed by atoms with E-state index in [1.54, 1.807) is 11.7 Å². The summed E-state index contributed by atoms with van der Waals surface area (Å²) in [5.41, 5.74) is 3.00. The number of rotatable bonds is 7. The number of hydrogen-bond acceptors (Lipinski definition) is 5. The van der Waals surface area contributed by atoms with Crippen LogP contribution in [0.1, 0.15) is 43.5 Å². The summed E-state index contributed by atoms with van der Waals surface area (Å²) in [5.74, 6) is 1.31. The minimum absolute atomic E-state index is 0.0796. The Hall–Kier alpha value is -2.41. The van der Waals surface area contributed by atoms with Crippen LogP contribution in [0.15, 0.2) is 24.3 Å². The fourth-order valence-corrected chi connectivity index (χ4v) is 3.62. The Kier molecular flexibility index (Phi) is 6.11. The van der Waals surface area contributed by atoms with E-state index in [1.807, 2.05) is 6.92 Å². The van der Waals surface area contributed by atoms with Crippen molar-refractivity contribution in [2.45, 2.75) is 46.2 Å². The van der Waals surface area contributed by atoms with Crippen LogP contribution < -0.4 is 5.32 Å². The summed E-state index contributed by atoms with van der Waals surface area (Å²) in [6.07, 6.45) is 3.10. The van der Waals surface area contributed by atoms with Crippen molar-refractivity contribution in [2.75, 3.05) is 18.4 Å². The number of nitrogens with one attached hydrogen (secondary N) is 1. The molecule has 1 saturated heterocycles. The number of benzene rings is 1. The predicted molar refractivity (Wildman–Crippen MR) is 107 cm³/mol. The van der Waals surface area contributed by atoms with Gasteiger partial charge < -0.3 is 5.32 Å². The molecule has 7 heteroatoms. The number of piperidine rings is 1. The van der Waals surface area contributed by atoms with E-state index in [9.17, 15) is 10.1 Å². The van der Waals surface area contributed by atoms with E-state index in [0.29, 0.717) is 24.5 Å². The van der Waals surface area contributed by atoms with Gasteiger partial charge in [0.2, 0.25) is 5.82 Å². The quantitative estimate of drug-likeness (QED) is 0.593. The summed E-state index contributed by atoms with van der Waals surface area (Å²) in [4.78, 5) is 13.5. The van der Waals surface area contributed by atoms with Gasteiger partial charge in [0.05, 0.1) is 4.92 Å². The lowest BCUT2D eigenvalue weighted by Crippen LogP contribution is -2.32. The highest BCUT2D eigenvalue weighted by atomic mass is 16.6. The molecule has 1 aliphatic heterocycles. The van der Waals surface area contributed by atoms with Gasteiger partial charge in [0.15, 0.2) is 0 Å². The smallest absolute Gasteiger partial charge is 0.333 e. The Morgan fingerprint density at radius 2 is 1.85 bits per heavy atom. The maximum Gasteiger partial charge on any atom is 0.333 e. The van der Waals surface area contributed by atoms with E-state index < -0.39 is 0 Å². The first-order chi connectivity index (χ1) is 13.0. The molecule has 0 saturated carbocycles. The average molecular weight is 371 g/mol. The van der Waals surface area contributed by atoms with Gasteiger partial charge in [-0.25, -0.2) is 4.68 Å². The summed E-state index contributed by atoms with van der Waals surface area (Å²) in [6, 6.07) is 8.50. The molecule has 7 nitrogen and oxygen atoms in total. The van der Waals surface area contributed by atoms with Crippen LogP contribution in [0.25, 0.3) is 0 Å². The van der Waals surface area contributed by atoms with E-state index in [1.165, 1.54) is 31.5 Å². The number of likely N-dealkylation sites (tertiary alicyclic amines) is 1. The van der Waals surface area contributed by atoms with Crippen molar-refractivity contribution in [1.29, 1.82) is 0 Å². The second-order valence-corrected chi connectivity index (χ2v) is 7.51. The van der Waals surface area contributed by atoms with Crippen LogP contribution in [0.4, 0.5) is 11.5 Å². The second-order valence-electron chi connectivity index (χ2n) is 7.51. The Labute approximate surface area is 160 Å². The zero-order valence-corrected chi connectivity index (χ0v) is 16.4. The molecule has 2 heterocycles. The van der Waals surface area contributed by atoms with Crippen LogP contribution in [0.3, 0.4) is 0 Å². The van der Waals surface area contributed by atoms with Crippen LogP contribution >= 0.6 is 0 Å². The third-order valence-corrected chi connectivity index (χ3v) is 5.37. The van der Waals surface area contributed by atoms with Crippen LogP contribution in [0, 0.1) is 16.0 Å². The van der Waals surface area contributed by atoms with Crippen LogP contribution in [-0.2, 0) is 26.6 Å².